The van der Waals surface area contributed by atoms with Gasteiger partial charge in [0, 0.05) is 13.1 Å². The minimum Gasteiger partial charge on any atom is -0.462 e. The van der Waals surface area contributed by atoms with Gasteiger partial charge in [0.2, 0.25) is 0 Å². The van der Waals surface area contributed by atoms with Gasteiger partial charge in [-0.1, -0.05) is 30.3 Å². The van der Waals surface area contributed by atoms with E-state index in [-0.39, 0.29) is 25.1 Å². The molecule has 1 aromatic heterocycles. The number of hydrogen-bond acceptors (Lipinski definition) is 7. The third-order valence-electron chi connectivity index (χ3n) is 4.95. The summed E-state index contributed by atoms with van der Waals surface area (Å²) in [5.74, 6) is -0.841. The first kappa shape index (κ1) is 19.0. The molecule has 29 heavy (non-hydrogen) atoms. The van der Waals surface area contributed by atoms with Gasteiger partial charge in [0.05, 0.1) is 11.5 Å². The lowest BCUT2D eigenvalue weighted by atomic mass is 9.97. The van der Waals surface area contributed by atoms with Gasteiger partial charge in [-0.15, -0.1) is 0 Å². The number of carbonyl (C=O) groups is 2. The summed E-state index contributed by atoms with van der Waals surface area (Å²) in [6.07, 6.45) is 1.34. The first-order valence-corrected chi connectivity index (χ1v) is 9.70. The molecule has 7 heteroatoms. The lowest BCUT2D eigenvalue weighted by Crippen LogP contribution is -2.37. The number of nitrogens with zero attached hydrogens (tertiary/aromatic N) is 2. The molecule has 1 aliphatic rings. The van der Waals surface area contributed by atoms with E-state index < -0.39 is 5.97 Å². The third-order valence-corrected chi connectivity index (χ3v) is 4.95. The van der Waals surface area contributed by atoms with E-state index in [1.807, 2.05) is 35.2 Å². The zero-order chi connectivity index (χ0) is 20.1. The molecule has 2 aromatic carbocycles. The number of esters is 2. The average Bonchev–Trinajstić information content (AvgIpc) is 3.21. The smallest absolute Gasteiger partial charge is 0.338 e. The Labute approximate surface area is 168 Å². The Morgan fingerprint density at radius 1 is 0.966 bits per heavy atom. The van der Waals surface area contributed by atoms with E-state index in [4.69, 9.17) is 13.9 Å². The average molecular weight is 394 g/mol. The first-order valence-electron chi connectivity index (χ1n) is 9.70. The molecular weight excluding hydrogens is 372 g/mol. The highest BCUT2D eigenvalue weighted by atomic mass is 16.6. The van der Waals surface area contributed by atoms with E-state index in [1.54, 1.807) is 24.3 Å². The van der Waals surface area contributed by atoms with Crippen molar-refractivity contribution in [1.82, 2.24) is 4.98 Å². The molecule has 0 amide bonds. The van der Waals surface area contributed by atoms with E-state index in [1.165, 1.54) is 0 Å². The van der Waals surface area contributed by atoms with E-state index in [2.05, 4.69) is 4.98 Å². The molecule has 0 saturated carbocycles. The van der Waals surface area contributed by atoms with Gasteiger partial charge in [-0.05, 0) is 37.1 Å². The summed E-state index contributed by atoms with van der Waals surface area (Å²) in [6.45, 7) is 1.45. The van der Waals surface area contributed by atoms with Gasteiger partial charge in [-0.25, -0.2) is 4.79 Å². The molecule has 4 rings (SSSR count). The highest BCUT2D eigenvalue weighted by molar-refractivity contribution is 5.89. The summed E-state index contributed by atoms with van der Waals surface area (Å²) >= 11 is 0. The van der Waals surface area contributed by atoms with Gasteiger partial charge in [0.1, 0.15) is 18.7 Å². The molecule has 0 N–H and O–H groups in total. The lowest BCUT2D eigenvalue weighted by Gasteiger charge is -2.29. The molecule has 7 nitrogen and oxygen atoms in total. The quantitative estimate of drug-likeness (QED) is 0.468. The summed E-state index contributed by atoms with van der Waals surface area (Å²) in [7, 11) is 0. The first-order chi connectivity index (χ1) is 14.2. The zero-order valence-corrected chi connectivity index (χ0v) is 16.0. The molecule has 1 aliphatic heterocycles. The van der Waals surface area contributed by atoms with Crippen molar-refractivity contribution in [3.8, 4) is 0 Å². The van der Waals surface area contributed by atoms with Crippen LogP contribution in [0.5, 0.6) is 0 Å². The number of para-hydroxylation sites is 2. The molecule has 150 valence electrons. The number of hydrogen-bond donors (Lipinski definition) is 0. The fourth-order valence-electron chi connectivity index (χ4n) is 3.35. The molecule has 0 unspecified atom stereocenters. The van der Waals surface area contributed by atoms with E-state index in [9.17, 15) is 9.59 Å². The minimum absolute atomic E-state index is 0.0429. The second-order valence-electron chi connectivity index (χ2n) is 6.89. The van der Waals surface area contributed by atoms with Gasteiger partial charge in [-0.2, -0.15) is 4.98 Å². The van der Waals surface area contributed by atoms with Crippen LogP contribution in [0.25, 0.3) is 11.1 Å². The van der Waals surface area contributed by atoms with Crippen LogP contribution in [0.3, 0.4) is 0 Å². The zero-order valence-electron chi connectivity index (χ0n) is 16.0. The van der Waals surface area contributed by atoms with E-state index >= 15 is 0 Å². The number of oxazole rings is 1. The lowest BCUT2D eigenvalue weighted by molar-refractivity contribution is -0.150. The second kappa shape index (κ2) is 8.77. The van der Waals surface area contributed by atoms with Gasteiger partial charge >= 0.3 is 11.9 Å². The molecular formula is C22H22N2O5. The minimum atomic E-state index is -0.423. The Bertz CT molecular complexity index is 944. The van der Waals surface area contributed by atoms with Gasteiger partial charge in [0.15, 0.2) is 5.58 Å². The van der Waals surface area contributed by atoms with Crippen molar-refractivity contribution >= 4 is 29.1 Å². The summed E-state index contributed by atoms with van der Waals surface area (Å²) in [5, 5.41) is 0. The second-order valence-corrected chi connectivity index (χ2v) is 6.89. The maximum Gasteiger partial charge on any atom is 0.338 e. The predicted molar refractivity (Wildman–Crippen MR) is 107 cm³/mol. The topological polar surface area (TPSA) is 81.9 Å². The van der Waals surface area contributed by atoms with E-state index in [0.717, 1.165) is 11.1 Å². The van der Waals surface area contributed by atoms with Crippen LogP contribution < -0.4 is 4.90 Å². The Morgan fingerprint density at radius 3 is 2.41 bits per heavy atom. The molecule has 0 spiro atoms. The molecule has 0 aliphatic carbocycles. The molecule has 1 saturated heterocycles. The van der Waals surface area contributed by atoms with Crippen LogP contribution in [0, 0.1) is 5.92 Å². The van der Waals surface area contributed by atoms with Crippen molar-refractivity contribution in [2.45, 2.75) is 12.8 Å². The SMILES string of the molecule is O=C(OCCOC(=O)C1CCN(c2nc3ccccc3o2)CC1)c1ccccc1. The van der Waals surface area contributed by atoms with Crippen LogP contribution >= 0.6 is 0 Å². The maximum absolute atomic E-state index is 12.3. The standard InChI is InChI=1S/C22H22N2O5/c25-20(16-6-2-1-3-7-16)27-14-15-28-21(26)17-10-12-24(13-11-17)22-23-18-8-4-5-9-19(18)29-22/h1-9,17H,10-15H2. The van der Waals surface area contributed by atoms with Crippen LogP contribution in [0.4, 0.5) is 6.01 Å². The normalized spacial score (nSPS) is 14.7. The van der Waals surface area contributed by atoms with Crippen molar-refractivity contribution < 1.29 is 23.5 Å². The molecule has 1 fully saturated rings. The third kappa shape index (κ3) is 4.56. The largest absolute Gasteiger partial charge is 0.462 e. The summed E-state index contributed by atoms with van der Waals surface area (Å²) in [6, 6.07) is 17.0. The number of fused-ring (bicyclic) bond motifs is 1. The van der Waals surface area contributed by atoms with Crippen LogP contribution in [0.1, 0.15) is 23.2 Å². The monoisotopic (exact) mass is 394 g/mol. The van der Waals surface area contributed by atoms with Crippen molar-refractivity contribution in [3.63, 3.8) is 0 Å². The number of benzene rings is 2. The predicted octanol–water partition coefficient (Wildman–Crippen LogP) is 3.44. The number of piperidine rings is 1. The van der Waals surface area contributed by atoms with Crippen LogP contribution in [-0.4, -0.2) is 43.2 Å². The summed E-state index contributed by atoms with van der Waals surface area (Å²) in [5.41, 5.74) is 2.06. The van der Waals surface area contributed by atoms with Crippen molar-refractivity contribution in [1.29, 1.82) is 0 Å². The van der Waals surface area contributed by atoms with Crippen molar-refractivity contribution in [2.24, 2.45) is 5.92 Å². The van der Waals surface area contributed by atoms with Crippen LogP contribution in [0.2, 0.25) is 0 Å². The van der Waals surface area contributed by atoms with Crippen LogP contribution in [0.15, 0.2) is 59.0 Å². The molecule has 0 atom stereocenters. The number of aromatic nitrogens is 1. The summed E-state index contributed by atoms with van der Waals surface area (Å²) < 4.78 is 16.2. The van der Waals surface area contributed by atoms with Crippen LogP contribution in [-0.2, 0) is 14.3 Å². The Morgan fingerprint density at radius 2 is 1.66 bits per heavy atom. The Hall–Kier alpha value is -3.35. The highest BCUT2D eigenvalue weighted by Crippen LogP contribution is 2.26. The Kier molecular flexibility index (Phi) is 5.74. The fourth-order valence-corrected chi connectivity index (χ4v) is 3.35. The fraction of sp³-hybridized carbons (Fsp3) is 0.318. The number of rotatable bonds is 6. The van der Waals surface area contributed by atoms with Crippen molar-refractivity contribution in [3.05, 3.63) is 60.2 Å². The number of carbonyl (C=O) groups excluding carboxylic acids is 2. The molecule has 3 aromatic rings. The van der Waals surface area contributed by atoms with Crippen molar-refractivity contribution in [2.75, 3.05) is 31.2 Å². The number of ether oxygens (including phenoxy) is 2. The Balaban J connectivity index is 1.19. The van der Waals surface area contributed by atoms with Gasteiger partial charge in [-0.3, -0.25) is 4.79 Å². The van der Waals surface area contributed by atoms with E-state index in [0.29, 0.717) is 37.5 Å². The highest BCUT2D eigenvalue weighted by Gasteiger charge is 2.28. The maximum atomic E-state index is 12.3. The number of anilines is 1. The summed E-state index contributed by atoms with van der Waals surface area (Å²) in [4.78, 5) is 30.7. The molecule has 0 radical (unpaired) electrons. The molecule has 0 bridgehead atoms. The van der Waals surface area contributed by atoms with Gasteiger partial charge < -0.3 is 18.8 Å². The van der Waals surface area contributed by atoms with Gasteiger partial charge in [0.25, 0.3) is 6.01 Å². The molecule has 2 heterocycles.